The number of carbonyl (C=O) groups excluding carboxylic acids is 2. The van der Waals surface area contributed by atoms with Gasteiger partial charge in [0, 0.05) is 54.0 Å². The van der Waals surface area contributed by atoms with Crippen molar-refractivity contribution >= 4 is 28.8 Å². The number of nitrogens with zero attached hydrogens (tertiary/aromatic N) is 2. The summed E-state index contributed by atoms with van der Waals surface area (Å²) < 4.78 is 5.98. The number of fused-ring (bicyclic) bond motifs is 1. The summed E-state index contributed by atoms with van der Waals surface area (Å²) in [5, 5.41) is 13.4. The van der Waals surface area contributed by atoms with Crippen molar-refractivity contribution in [3.05, 3.63) is 89.1 Å². The van der Waals surface area contributed by atoms with Crippen LogP contribution in [-0.4, -0.2) is 36.0 Å². The van der Waals surface area contributed by atoms with E-state index in [0.717, 1.165) is 28.2 Å². The van der Waals surface area contributed by atoms with Crippen molar-refractivity contribution in [3.8, 4) is 11.5 Å². The average Bonchev–Trinajstić information content (AvgIpc) is 3.07. The Morgan fingerprint density at radius 2 is 1.68 bits per heavy atom. The van der Waals surface area contributed by atoms with Crippen molar-refractivity contribution in [2.45, 2.75) is 71.5 Å². The lowest BCUT2D eigenvalue weighted by Crippen LogP contribution is -2.38. The SMILES string of the molecule is COc1cc(N(C(C)C)C(C)C)ccc1C1C2=C(CC(c3ccc(O)cc3)CC2=O)Nc2ccccc2N1C(C)=O. The number of phenols is 1. The predicted octanol–water partition coefficient (Wildman–Crippen LogP) is 6.94. The molecule has 214 valence electrons. The zero-order valence-electron chi connectivity index (χ0n) is 24.6. The summed E-state index contributed by atoms with van der Waals surface area (Å²) in [5.41, 5.74) is 5.66. The second-order valence-electron chi connectivity index (χ2n) is 11.5. The second kappa shape index (κ2) is 11.3. The van der Waals surface area contributed by atoms with E-state index in [0.29, 0.717) is 29.9 Å². The van der Waals surface area contributed by atoms with Crippen molar-refractivity contribution in [2.75, 3.05) is 22.2 Å². The number of hydrogen-bond acceptors (Lipinski definition) is 6. The van der Waals surface area contributed by atoms with Gasteiger partial charge < -0.3 is 20.1 Å². The first-order valence-corrected chi connectivity index (χ1v) is 14.3. The standard InChI is InChI=1S/C34H39N3O4/c1-20(2)36(21(3)4)25-13-16-27(32(19-25)41-6)34-33-29(35-28-9-7-8-10-30(28)37(34)22(5)38)17-24(18-31(33)40)23-11-14-26(39)15-12-23/h7-16,19-21,24,34-35,39H,17-18H2,1-6H3. The molecule has 0 saturated heterocycles. The van der Waals surface area contributed by atoms with E-state index in [2.05, 4.69) is 44.0 Å². The van der Waals surface area contributed by atoms with Gasteiger partial charge in [0.15, 0.2) is 5.78 Å². The van der Waals surface area contributed by atoms with E-state index in [9.17, 15) is 14.7 Å². The average molecular weight is 554 g/mol. The minimum Gasteiger partial charge on any atom is -0.508 e. The van der Waals surface area contributed by atoms with E-state index in [-0.39, 0.29) is 35.4 Å². The van der Waals surface area contributed by atoms with Crippen LogP contribution in [0.4, 0.5) is 17.1 Å². The lowest BCUT2D eigenvalue weighted by Gasteiger charge is -2.36. The molecule has 0 radical (unpaired) electrons. The van der Waals surface area contributed by atoms with Crippen LogP contribution in [0.5, 0.6) is 11.5 Å². The van der Waals surface area contributed by atoms with Crippen LogP contribution in [0.1, 0.15) is 70.5 Å². The van der Waals surface area contributed by atoms with Gasteiger partial charge in [0.1, 0.15) is 11.5 Å². The lowest BCUT2D eigenvalue weighted by atomic mass is 9.78. The van der Waals surface area contributed by atoms with E-state index >= 15 is 0 Å². The predicted molar refractivity (Wildman–Crippen MR) is 164 cm³/mol. The number of carbonyl (C=O) groups is 2. The van der Waals surface area contributed by atoms with Crippen molar-refractivity contribution in [1.29, 1.82) is 0 Å². The molecule has 41 heavy (non-hydrogen) atoms. The quantitative estimate of drug-likeness (QED) is 0.344. The molecule has 0 saturated carbocycles. The highest BCUT2D eigenvalue weighted by atomic mass is 16.5. The van der Waals surface area contributed by atoms with Gasteiger partial charge in [-0.25, -0.2) is 0 Å². The Morgan fingerprint density at radius 1 is 1.00 bits per heavy atom. The fraction of sp³-hybridized carbons (Fsp3) is 0.353. The zero-order chi connectivity index (χ0) is 29.4. The number of allylic oxidation sites excluding steroid dienone is 1. The second-order valence-corrected chi connectivity index (χ2v) is 11.5. The van der Waals surface area contributed by atoms with Crippen molar-refractivity contribution < 1.29 is 19.4 Å². The maximum absolute atomic E-state index is 14.2. The number of benzene rings is 3. The Kier molecular flexibility index (Phi) is 7.80. The van der Waals surface area contributed by atoms with Crippen molar-refractivity contribution in [3.63, 3.8) is 0 Å². The summed E-state index contributed by atoms with van der Waals surface area (Å²) in [5.74, 6) is 0.589. The highest BCUT2D eigenvalue weighted by molar-refractivity contribution is 6.06. The number of ether oxygens (including phenoxy) is 1. The summed E-state index contributed by atoms with van der Waals surface area (Å²) >= 11 is 0. The van der Waals surface area contributed by atoms with Crippen LogP contribution >= 0.6 is 0 Å². The molecule has 1 heterocycles. The van der Waals surface area contributed by atoms with Crippen LogP contribution in [0.2, 0.25) is 0 Å². The Morgan fingerprint density at radius 3 is 2.32 bits per heavy atom. The van der Waals surface area contributed by atoms with Crippen molar-refractivity contribution in [1.82, 2.24) is 0 Å². The minimum absolute atomic E-state index is 0.0157. The summed E-state index contributed by atoms with van der Waals surface area (Å²) in [6.07, 6.45) is 0.899. The number of phenolic OH excluding ortho intramolecular Hbond substituents is 1. The molecule has 7 nitrogen and oxygen atoms in total. The molecule has 2 N–H and O–H groups in total. The summed E-state index contributed by atoms with van der Waals surface area (Å²) in [6, 6.07) is 20.7. The third-order valence-electron chi connectivity index (χ3n) is 8.11. The summed E-state index contributed by atoms with van der Waals surface area (Å²) in [6.45, 7) is 10.2. The summed E-state index contributed by atoms with van der Waals surface area (Å²) in [4.78, 5) is 31.6. The molecule has 1 aliphatic heterocycles. The highest BCUT2D eigenvalue weighted by Crippen LogP contribution is 2.49. The third-order valence-corrected chi connectivity index (χ3v) is 8.11. The maximum Gasteiger partial charge on any atom is 0.224 e. The largest absolute Gasteiger partial charge is 0.508 e. The molecule has 1 aliphatic carbocycles. The van der Waals surface area contributed by atoms with E-state index in [1.165, 1.54) is 0 Å². The fourth-order valence-electron chi connectivity index (χ4n) is 6.49. The molecule has 3 aromatic rings. The van der Waals surface area contributed by atoms with Crippen LogP contribution in [0, 0.1) is 0 Å². The van der Waals surface area contributed by atoms with Gasteiger partial charge in [-0.05, 0) is 75.9 Å². The Hall–Kier alpha value is -4.26. The first-order chi connectivity index (χ1) is 19.6. The molecule has 7 heteroatoms. The normalized spacial score (nSPS) is 18.5. The van der Waals surface area contributed by atoms with Gasteiger partial charge in [0.2, 0.25) is 5.91 Å². The van der Waals surface area contributed by atoms with Crippen LogP contribution in [0.3, 0.4) is 0 Å². The number of nitrogens with one attached hydrogen (secondary N) is 1. The zero-order valence-corrected chi connectivity index (χ0v) is 24.6. The number of hydrogen-bond donors (Lipinski definition) is 2. The Balaban J connectivity index is 1.71. The first-order valence-electron chi connectivity index (χ1n) is 14.3. The molecule has 0 fully saturated rings. The van der Waals surface area contributed by atoms with Gasteiger partial charge in [0.25, 0.3) is 0 Å². The smallest absolute Gasteiger partial charge is 0.224 e. The van der Waals surface area contributed by atoms with Crippen LogP contribution in [-0.2, 0) is 9.59 Å². The Labute approximate surface area is 242 Å². The van der Waals surface area contributed by atoms with E-state index in [1.807, 2.05) is 48.5 Å². The van der Waals surface area contributed by atoms with E-state index in [1.54, 1.807) is 31.1 Å². The number of para-hydroxylation sites is 2. The molecule has 0 spiro atoms. The maximum atomic E-state index is 14.2. The first kappa shape index (κ1) is 28.3. The molecule has 3 aromatic carbocycles. The highest BCUT2D eigenvalue weighted by Gasteiger charge is 2.42. The molecule has 2 unspecified atom stereocenters. The molecule has 5 rings (SSSR count). The molecular weight excluding hydrogens is 514 g/mol. The van der Waals surface area contributed by atoms with Gasteiger partial charge in [0.05, 0.1) is 24.5 Å². The molecule has 0 bridgehead atoms. The number of rotatable bonds is 6. The topological polar surface area (TPSA) is 82.1 Å². The Bertz CT molecular complexity index is 1480. The number of anilines is 3. The van der Waals surface area contributed by atoms with Gasteiger partial charge >= 0.3 is 0 Å². The monoisotopic (exact) mass is 553 g/mol. The van der Waals surface area contributed by atoms with E-state index in [4.69, 9.17) is 4.74 Å². The fourth-order valence-corrected chi connectivity index (χ4v) is 6.49. The van der Waals surface area contributed by atoms with Gasteiger partial charge in [-0.3, -0.25) is 14.5 Å². The van der Waals surface area contributed by atoms with Crippen molar-refractivity contribution in [2.24, 2.45) is 0 Å². The third kappa shape index (κ3) is 5.29. The number of Topliss-reactive ketones (excluding diaryl/α,β-unsaturated/α-hetero) is 1. The molecular formula is C34H39N3O4. The molecule has 0 aromatic heterocycles. The summed E-state index contributed by atoms with van der Waals surface area (Å²) in [7, 11) is 1.64. The van der Waals surface area contributed by atoms with Crippen LogP contribution < -0.4 is 19.9 Å². The van der Waals surface area contributed by atoms with Crippen LogP contribution in [0.25, 0.3) is 0 Å². The minimum atomic E-state index is -0.664. The number of amides is 1. The molecule has 2 atom stereocenters. The number of methoxy groups -OCH3 is 1. The number of aromatic hydroxyl groups is 1. The lowest BCUT2D eigenvalue weighted by molar-refractivity contribution is -0.117. The van der Waals surface area contributed by atoms with Crippen LogP contribution in [0.15, 0.2) is 78.0 Å². The molecule has 1 amide bonds. The molecule has 2 aliphatic rings. The van der Waals surface area contributed by atoms with Gasteiger partial charge in [-0.2, -0.15) is 0 Å². The van der Waals surface area contributed by atoms with E-state index < -0.39 is 6.04 Å². The van der Waals surface area contributed by atoms with Gasteiger partial charge in [-0.15, -0.1) is 0 Å². The number of ketones is 1. The van der Waals surface area contributed by atoms with Gasteiger partial charge in [-0.1, -0.05) is 30.3 Å².